The number of thioether (sulfide) groups is 1. The van der Waals surface area contributed by atoms with E-state index in [9.17, 15) is 32.3 Å². The predicted molar refractivity (Wildman–Crippen MR) is 169 cm³/mol. The van der Waals surface area contributed by atoms with Crippen LogP contribution in [0.1, 0.15) is 28.3 Å². The van der Waals surface area contributed by atoms with Crippen LogP contribution in [0.3, 0.4) is 0 Å². The Labute approximate surface area is 282 Å². The number of thiazole rings is 1. The standard InChI is InChI=1S/C32H27BrF3N3O6S2/c33-15-4-5-20(45-13-21(40)38-6-8-44-9-7-38)17(11-15)22-23-18-12-19(26(23)46-28-27(22)47-31(43)37-28)25-24(18)29(41)39(30(25)42)16-3-1-2-14(10-16)32(34,35)36/h1-5,10-11,18-19,22-26H,6-9,12-13H2,(H,37,43)/t18-,19-,22+,23-,24+,25+,26-/m1/s1. The molecule has 3 aliphatic heterocycles. The lowest BCUT2D eigenvalue weighted by molar-refractivity contribution is -0.138. The monoisotopic (exact) mass is 749 g/mol. The van der Waals surface area contributed by atoms with Crippen LogP contribution in [0.25, 0.3) is 0 Å². The van der Waals surface area contributed by atoms with Gasteiger partial charge in [0.25, 0.3) is 5.91 Å². The van der Waals surface area contributed by atoms with Crippen LogP contribution in [-0.2, 0) is 25.3 Å². The lowest BCUT2D eigenvalue weighted by Crippen LogP contribution is -2.43. The van der Waals surface area contributed by atoms with Gasteiger partial charge in [0.2, 0.25) is 11.8 Å². The number of rotatable bonds is 5. The molecule has 0 radical (unpaired) electrons. The van der Waals surface area contributed by atoms with Gasteiger partial charge in [0.05, 0.1) is 41.3 Å². The zero-order valence-corrected chi connectivity index (χ0v) is 27.7. The van der Waals surface area contributed by atoms with Gasteiger partial charge < -0.3 is 19.4 Å². The van der Waals surface area contributed by atoms with Crippen molar-refractivity contribution in [3.8, 4) is 5.75 Å². The molecule has 15 heteroatoms. The van der Waals surface area contributed by atoms with E-state index in [0.29, 0.717) is 43.5 Å². The highest BCUT2D eigenvalue weighted by molar-refractivity contribution is 9.10. The molecule has 9 nitrogen and oxygen atoms in total. The van der Waals surface area contributed by atoms with Gasteiger partial charge in [0.15, 0.2) is 6.61 Å². The van der Waals surface area contributed by atoms with Crippen molar-refractivity contribution in [1.29, 1.82) is 0 Å². The van der Waals surface area contributed by atoms with Crippen molar-refractivity contribution >= 4 is 62.4 Å². The summed E-state index contributed by atoms with van der Waals surface area (Å²) in [6, 6.07) is 9.86. The molecule has 2 aromatic carbocycles. The Morgan fingerprint density at radius 1 is 1.04 bits per heavy atom. The van der Waals surface area contributed by atoms with Gasteiger partial charge in [0, 0.05) is 39.2 Å². The molecule has 2 saturated heterocycles. The predicted octanol–water partition coefficient (Wildman–Crippen LogP) is 5.13. The third-order valence-corrected chi connectivity index (χ3v) is 13.3. The van der Waals surface area contributed by atoms with Crippen LogP contribution in [0, 0.1) is 29.6 Å². The largest absolute Gasteiger partial charge is 0.483 e. The number of aromatic nitrogens is 1. The minimum absolute atomic E-state index is 0.0770. The molecule has 4 fully saturated rings. The molecule has 0 spiro atoms. The summed E-state index contributed by atoms with van der Waals surface area (Å²) >= 11 is 6.19. The molecule has 3 amide bonds. The highest BCUT2D eigenvalue weighted by Gasteiger charge is 2.70. The normalized spacial score (nSPS) is 29.6. The van der Waals surface area contributed by atoms with E-state index in [-0.39, 0.29) is 52.0 Å². The van der Waals surface area contributed by atoms with Gasteiger partial charge in [-0.2, -0.15) is 13.2 Å². The van der Waals surface area contributed by atoms with Crippen LogP contribution in [0.15, 0.2) is 56.8 Å². The van der Waals surface area contributed by atoms with Crippen LogP contribution < -0.4 is 14.5 Å². The van der Waals surface area contributed by atoms with Crippen molar-refractivity contribution in [2.75, 3.05) is 37.8 Å². The smallest absolute Gasteiger partial charge is 0.416 e. The number of imide groups is 1. The van der Waals surface area contributed by atoms with E-state index < -0.39 is 35.4 Å². The van der Waals surface area contributed by atoms with Crippen molar-refractivity contribution in [2.45, 2.75) is 28.8 Å². The summed E-state index contributed by atoms with van der Waals surface area (Å²) in [5.74, 6) is -3.02. The fourth-order valence-corrected chi connectivity index (χ4v) is 11.6. The minimum atomic E-state index is -4.62. The quantitative estimate of drug-likeness (QED) is 0.361. The minimum Gasteiger partial charge on any atom is -0.483 e. The SMILES string of the molecule is O=C(COc1ccc(Br)cc1[C@@H]1c2sc(=O)[nH]c2S[C@@H]2[C@@H]3C[C@@H]([C@@H]4C(=O)N(c5cccc(C(F)(F)F)c5)C(=O)[C@@H]34)[C@H]12)N1CCOCC1. The molecule has 2 aliphatic carbocycles. The summed E-state index contributed by atoms with van der Waals surface area (Å²) in [6.45, 7) is 1.70. The van der Waals surface area contributed by atoms with Gasteiger partial charge in [-0.3, -0.25) is 24.1 Å². The average molecular weight is 751 g/mol. The first-order chi connectivity index (χ1) is 22.5. The number of hydrogen-bond donors (Lipinski definition) is 1. The fourth-order valence-electron chi connectivity index (χ4n) is 8.38. The summed E-state index contributed by atoms with van der Waals surface area (Å²) in [6.07, 6.45) is -4.01. The van der Waals surface area contributed by atoms with Crippen LogP contribution in [0.4, 0.5) is 18.9 Å². The number of nitrogens with zero attached hydrogens (tertiary/aromatic N) is 2. The molecule has 47 heavy (non-hydrogen) atoms. The number of nitrogens with one attached hydrogen (secondary N) is 1. The maximum atomic E-state index is 14.0. The summed E-state index contributed by atoms with van der Waals surface area (Å²) < 4.78 is 52.9. The first-order valence-corrected chi connectivity index (χ1v) is 17.7. The van der Waals surface area contributed by atoms with Crippen molar-refractivity contribution in [1.82, 2.24) is 9.88 Å². The highest BCUT2D eigenvalue weighted by atomic mass is 79.9. The van der Waals surface area contributed by atoms with Crippen molar-refractivity contribution < 1.29 is 37.0 Å². The van der Waals surface area contributed by atoms with Crippen LogP contribution in [-0.4, -0.2) is 65.8 Å². The number of amides is 3. The van der Waals surface area contributed by atoms with Crippen LogP contribution in [0.2, 0.25) is 0 Å². The Bertz CT molecular complexity index is 1860. The Morgan fingerprint density at radius 2 is 1.79 bits per heavy atom. The molecule has 5 aliphatic rings. The maximum Gasteiger partial charge on any atom is 0.416 e. The first-order valence-electron chi connectivity index (χ1n) is 15.2. The molecule has 2 saturated carbocycles. The summed E-state index contributed by atoms with van der Waals surface area (Å²) in [7, 11) is 0. The number of carbonyl (C=O) groups excluding carboxylic acids is 3. The molecule has 1 aromatic heterocycles. The van der Waals surface area contributed by atoms with E-state index in [1.807, 2.05) is 12.1 Å². The lowest BCUT2D eigenvalue weighted by atomic mass is 9.68. The first kappa shape index (κ1) is 31.1. The number of hydrogen-bond acceptors (Lipinski definition) is 8. The summed E-state index contributed by atoms with van der Waals surface area (Å²) in [5.41, 5.74) is -0.244. The second-order valence-corrected chi connectivity index (χ2v) is 15.6. The van der Waals surface area contributed by atoms with Crippen molar-refractivity contribution in [2.24, 2.45) is 29.6 Å². The Hall–Kier alpha value is -3.14. The third kappa shape index (κ3) is 5.06. The topological polar surface area (TPSA) is 109 Å². The molecular weight excluding hydrogens is 723 g/mol. The maximum absolute atomic E-state index is 14.0. The number of anilines is 1. The van der Waals surface area contributed by atoms with Gasteiger partial charge in [-0.05, 0) is 60.6 Å². The fraction of sp³-hybridized carbons (Fsp3) is 0.438. The van der Waals surface area contributed by atoms with Gasteiger partial charge in [0.1, 0.15) is 5.75 Å². The van der Waals surface area contributed by atoms with E-state index in [1.54, 1.807) is 11.0 Å². The number of halogens is 4. The average Bonchev–Trinajstić information content (AvgIpc) is 3.79. The zero-order valence-electron chi connectivity index (χ0n) is 24.5. The lowest BCUT2D eigenvalue weighted by Gasteiger charge is -2.43. The van der Waals surface area contributed by atoms with E-state index >= 15 is 0 Å². The molecular formula is C32H27BrF3N3O6S2. The second-order valence-electron chi connectivity index (χ2n) is 12.5. The van der Waals surface area contributed by atoms with Gasteiger partial charge in [-0.1, -0.05) is 33.3 Å². The van der Waals surface area contributed by atoms with E-state index in [2.05, 4.69) is 20.9 Å². The Morgan fingerprint density at radius 3 is 2.53 bits per heavy atom. The number of morpholine rings is 1. The Balaban J connectivity index is 1.15. The zero-order chi connectivity index (χ0) is 32.8. The third-order valence-electron chi connectivity index (χ3n) is 10.2. The van der Waals surface area contributed by atoms with E-state index in [1.165, 1.54) is 23.9 Å². The van der Waals surface area contributed by atoms with Gasteiger partial charge in [-0.25, -0.2) is 0 Å². The molecule has 4 heterocycles. The summed E-state index contributed by atoms with van der Waals surface area (Å²) in [4.78, 5) is 59.8. The molecule has 246 valence electrons. The van der Waals surface area contributed by atoms with Crippen molar-refractivity contribution in [3.63, 3.8) is 0 Å². The number of ether oxygens (including phenoxy) is 2. The number of benzene rings is 2. The van der Waals surface area contributed by atoms with Gasteiger partial charge in [-0.15, -0.1) is 11.8 Å². The van der Waals surface area contributed by atoms with E-state index in [0.717, 1.165) is 43.3 Å². The second kappa shape index (κ2) is 11.5. The van der Waals surface area contributed by atoms with Gasteiger partial charge >= 0.3 is 11.0 Å². The molecule has 2 bridgehead atoms. The van der Waals surface area contributed by atoms with E-state index in [4.69, 9.17) is 9.47 Å². The number of alkyl halides is 3. The van der Waals surface area contributed by atoms with Crippen LogP contribution >= 0.6 is 39.0 Å². The number of fused-ring (bicyclic) bond motifs is 9. The summed E-state index contributed by atoms with van der Waals surface area (Å²) in [5, 5.41) is 0.571. The number of H-pyrrole nitrogens is 1. The molecule has 1 N–H and O–H groups in total. The molecule has 7 atom stereocenters. The molecule has 8 rings (SSSR count). The Kier molecular flexibility index (Phi) is 7.61. The molecule has 3 aromatic rings. The molecule has 0 unspecified atom stereocenters. The number of carbonyl (C=O) groups is 3. The highest BCUT2D eigenvalue weighted by Crippen LogP contribution is 2.69. The van der Waals surface area contributed by atoms with Crippen molar-refractivity contribution in [3.05, 3.63) is 72.6 Å². The number of aromatic amines is 1. The van der Waals surface area contributed by atoms with Crippen LogP contribution in [0.5, 0.6) is 5.75 Å².